The number of rotatable bonds is 8. The lowest BCUT2D eigenvalue weighted by Crippen LogP contribution is -2.57. The van der Waals surface area contributed by atoms with Gasteiger partial charge in [-0.05, 0) is 62.8 Å². The summed E-state index contributed by atoms with van der Waals surface area (Å²) in [6.45, 7) is 0.256. The van der Waals surface area contributed by atoms with Gasteiger partial charge in [0.15, 0.2) is 5.13 Å². The molecule has 1 aromatic carbocycles. The first-order chi connectivity index (χ1) is 22.1. The van der Waals surface area contributed by atoms with Crippen LogP contribution in [0.2, 0.25) is 0 Å². The molecule has 12 nitrogen and oxygen atoms in total. The third-order valence-corrected chi connectivity index (χ3v) is 11.6. The molecule has 0 bridgehead atoms. The molecule has 2 aromatic rings. The Morgan fingerprint density at radius 1 is 1.15 bits per heavy atom. The molecule has 3 N–H and O–H groups in total. The van der Waals surface area contributed by atoms with Crippen LogP contribution in [0.4, 0.5) is 9.52 Å². The molecule has 246 valence electrons. The van der Waals surface area contributed by atoms with E-state index in [2.05, 4.69) is 20.3 Å². The van der Waals surface area contributed by atoms with Crippen LogP contribution in [0.3, 0.4) is 0 Å². The van der Waals surface area contributed by atoms with E-state index in [0.717, 1.165) is 24.8 Å². The van der Waals surface area contributed by atoms with Gasteiger partial charge in [0.2, 0.25) is 21.8 Å². The average molecular weight is 674 g/mol. The lowest BCUT2D eigenvalue weighted by Gasteiger charge is -2.29. The predicted molar refractivity (Wildman–Crippen MR) is 167 cm³/mol. The second kappa shape index (κ2) is 13.1. The number of thiazole rings is 1. The van der Waals surface area contributed by atoms with E-state index in [1.165, 1.54) is 28.4 Å². The van der Waals surface area contributed by atoms with Gasteiger partial charge in [0.1, 0.15) is 29.5 Å². The van der Waals surface area contributed by atoms with Crippen molar-refractivity contribution in [2.45, 2.75) is 86.8 Å². The zero-order chi connectivity index (χ0) is 32.5. The highest BCUT2D eigenvalue weighted by Crippen LogP contribution is 2.46. The van der Waals surface area contributed by atoms with Crippen LogP contribution >= 0.6 is 11.3 Å². The van der Waals surface area contributed by atoms with Gasteiger partial charge >= 0.3 is 0 Å². The molecule has 1 aromatic heterocycles. The minimum absolute atomic E-state index is 0.0214. The molecule has 3 amide bonds. The van der Waals surface area contributed by atoms with E-state index in [1.54, 1.807) is 17.5 Å². The Morgan fingerprint density at radius 3 is 2.67 bits per heavy atom. The molecule has 2 aliphatic heterocycles. The van der Waals surface area contributed by atoms with Crippen molar-refractivity contribution in [3.05, 3.63) is 47.6 Å². The number of fused-ring (bicyclic) bond motifs is 2. The van der Waals surface area contributed by atoms with Gasteiger partial charge < -0.3 is 20.3 Å². The number of hydrogen-bond acceptors (Lipinski definition) is 10. The molecule has 0 spiro atoms. The number of benzene rings is 1. The monoisotopic (exact) mass is 673 g/mol. The first-order valence-electron chi connectivity index (χ1n) is 15.5. The van der Waals surface area contributed by atoms with Gasteiger partial charge in [0.25, 0.3) is 12.4 Å². The average Bonchev–Trinajstić information content (AvgIpc) is 3.91. The molecular weight excluding hydrogens is 638 g/mol. The zero-order valence-electron chi connectivity index (χ0n) is 25.0. The van der Waals surface area contributed by atoms with Crippen LogP contribution in [-0.4, -0.2) is 78.0 Å². The molecule has 0 unspecified atom stereocenters. The number of ether oxygens (including phenoxy) is 1. The number of halogens is 1. The highest BCUT2D eigenvalue weighted by molar-refractivity contribution is 7.91. The third-order valence-electron chi connectivity index (χ3n) is 9.03. The van der Waals surface area contributed by atoms with E-state index in [1.807, 2.05) is 12.2 Å². The summed E-state index contributed by atoms with van der Waals surface area (Å²) in [6, 6.07) is 4.12. The molecule has 4 aliphatic rings. The van der Waals surface area contributed by atoms with Crippen LogP contribution in [0.15, 0.2) is 41.8 Å². The largest absolute Gasteiger partial charge is 0.463 e. The maximum atomic E-state index is 14.2. The van der Waals surface area contributed by atoms with E-state index >= 15 is 0 Å². The molecule has 1 saturated heterocycles. The summed E-state index contributed by atoms with van der Waals surface area (Å²) in [7, 11) is -3.86. The van der Waals surface area contributed by atoms with Crippen molar-refractivity contribution < 1.29 is 36.7 Å². The molecule has 2 aliphatic carbocycles. The van der Waals surface area contributed by atoms with Crippen LogP contribution in [-0.2, 0) is 33.9 Å². The summed E-state index contributed by atoms with van der Waals surface area (Å²) in [6.07, 6.45) is 7.80. The normalized spacial score (nSPS) is 29.3. The summed E-state index contributed by atoms with van der Waals surface area (Å²) in [5, 5.41) is 7.71. The van der Waals surface area contributed by atoms with E-state index in [-0.39, 0.29) is 37.6 Å². The first kappa shape index (κ1) is 32.1. The molecular formula is C31H36FN5O7S2. The topological polar surface area (TPSA) is 164 Å². The minimum Gasteiger partial charge on any atom is -0.463 e. The van der Waals surface area contributed by atoms with E-state index in [0.29, 0.717) is 36.5 Å². The van der Waals surface area contributed by atoms with E-state index < -0.39 is 56.7 Å². The molecule has 3 heterocycles. The standard InChI is InChI=1S/C31H36FN5O7S2/c32-21-10-8-19(9-11-21)25-17-45-30(34-25)33-24-7-5-3-1-2-4-6-20-15-31(20,29(41)36-46(42,43)23-12-13-23)35-27(39)26-14-22(44-18-38)16-37(26)28(24)40/h4,6,8-11,17-18,20,22-24,26H,1-3,5,7,12-16H2,(H,33,34)(H,35,39)(H,36,41)/b6-4-/t20-,22-,24+,26+,31-/m1/s1. The van der Waals surface area contributed by atoms with Gasteiger partial charge in [-0.3, -0.25) is 23.9 Å². The Hall–Kier alpha value is -3.85. The molecule has 3 fully saturated rings. The molecule has 46 heavy (non-hydrogen) atoms. The second-order valence-corrected chi connectivity index (χ2v) is 15.2. The maximum Gasteiger partial charge on any atom is 0.293 e. The Bertz CT molecular complexity index is 1630. The fourth-order valence-electron chi connectivity index (χ4n) is 6.18. The molecule has 5 atom stereocenters. The summed E-state index contributed by atoms with van der Waals surface area (Å²) < 4.78 is 46.0. The number of aromatic nitrogens is 1. The van der Waals surface area contributed by atoms with Gasteiger partial charge in [0, 0.05) is 23.3 Å². The van der Waals surface area contributed by atoms with E-state index in [4.69, 9.17) is 4.74 Å². The Morgan fingerprint density at radius 2 is 1.93 bits per heavy atom. The van der Waals surface area contributed by atoms with Gasteiger partial charge in [-0.1, -0.05) is 25.0 Å². The number of carbonyl (C=O) groups is 4. The quantitative estimate of drug-likeness (QED) is 0.282. The Labute approximate surface area is 270 Å². The van der Waals surface area contributed by atoms with Gasteiger partial charge in [-0.25, -0.2) is 17.8 Å². The van der Waals surface area contributed by atoms with Gasteiger partial charge in [-0.15, -0.1) is 11.3 Å². The second-order valence-electron chi connectivity index (χ2n) is 12.4. The zero-order valence-corrected chi connectivity index (χ0v) is 26.7. The van der Waals surface area contributed by atoms with Crippen LogP contribution < -0.4 is 15.4 Å². The van der Waals surface area contributed by atoms with Gasteiger partial charge in [-0.2, -0.15) is 0 Å². The molecule has 2 saturated carbocycles. The number of allylic oxidation sites excluding steroid dienone is 1. The number of amides is 3. The van der Waals surface area contributed by atoms with Gasteiger partial charge in [0.05, 0.1) is 17.5 Å². The lowest BCUT2D eigenvalue weighted by atomic mass is 10.1. The number of nitrogens with zero attached hydrogens (tertiary/aromatic N) is 2. The minimum atomic E-state index is -3.86. The fourth-order valence-corrected chi connectivity index (χ4v) is 8.32. The molecule has 15 heteroatoms. The number of anilines is 1. The SMILES string of the molecule is O=CO[C@@H]1C[C@H]2C(=O)N[C@]3(C(=O)NS(=O)(=O)C4CC4)C[C@H]3/C=C\CCCCC[C@H](Nc3nc(-c4ccc(F)cc4)cs3)C(=O)N2C1. The summed E-state index contributed by atoms with van der Waals surface area (Å²) in [5.41, 5.74) is -0.129. The van der Waals surface area contributed by atoms with Crippen LogP contribution in [0, 0.1) is 11.7 Å². The molecule has 6 rings (SSSR count). The van der Waals surface area contributed by atoms with Crippen molar-refractivity contribution >= 4 is 50.7 Å². The van der Waals surface area contributed by atoms with Crippen molar-refractivity contribution in [3.8, 4) is 11.3 Å². The number of sulfonamides is 1. The number of carbonyl (C=O) groups excluding carboxylic acids is 4. The molecule has 0 radical (unpaired) electrons. The highest BCUT2D eigenvalue weighted by Gasteiger charge is 2.62. The highest BCUT2D eigenvalue weighted by atomic mass is 32.2. The predicted octanol–water partition coefficient (Wildman–Crippen LogP) is 2.88. The number of nitrogens with one attached hydrogen (secondary N) is 3. The summed E-state index contributed by atoms with van der Waals surface area (Å²) >= 11 is 1.30. The van der Waals surface area contributed by atoms with Crippen molar-refractivity contribution in [2.75, 3.05) is 11.9 Å². The van der Waals surface area contributed by atoms with E-state index in [9.17, 15) is 32.0 Å². The van der Waals surface area contributed by atoms with Crippen LogP contribution in [0.25, 0.3) is 11.3 Å². The fraction of sp³-hybridized carbons (Fsp3) is 0.516. The van der Waals surface area contributed by atoms with Crippen LogP contribution in [0.1, 0.15) is 57.8 Å². The lowest BCUT2D eigenvalue weighted by molar-refractivity contribution is -0.140. The summed E-state index contributed by atoms with van der Waals surface area (Å²) in [4.78, 5) is 58.7. The first-order valence-corrected chi connectivity index (χ1v) is 17.9. The van der Waals surface area contributed by atoms with Crippen molar-refractivity contribution in [3.63, 3.8) is 0 Å². The van der Waals surface area contributed by atoms with Crippen molar-refractivity contribution in [2.24, 2.45) is 5.92 Å². The Kier molecular flexibility index (Phi) is 9.15. The Balaban J connectivity index is 1.25. The van der Waals surface area contributed by atoms with Crippen molar-refractivity contribution in [1.82, 2.24) is 19.9 Å². The third kappa shape index (κ3) is 6.94. The summed E-state index contributed by atoms with van der Waals surface area (Å²) in [5.74, 6) is -2.56. The van der Waals surface area contributed by atoms with Crippen molar-refractivity contribution in [1.29, 1.82) is 0 Å². The smallest absolute Gasteiger partial charge is 0.293 e. The maximum absolute atomic E-state index is 14.2. The van der Waals surface area contributed by atoms with Crippen LogP contribution in [0.5, 0.6) is 0 Å². The number of hydrogen-bond donors (Lipinski definition) is 3.